The van der Waals surface area contributed by atoms with Gasteiger partial charge in [-0.05, 0) is 12.8 Å². The molecule has 0 aliphatic rings. The lowest BCUT2D eigenvalue weighted by molar-refractivity contribution is -1.73. The topological polar surface area (TPSA) is 69.2 Å². The first-order chi connectivity index (χ1) is 10.3. The summed E-state index contributed by atoms with van der Waals surface area (Å²) in [7, 11) is 6.87. The van der Waals surface area contributed by atoms with Gasteiger partial charge in [0.05, 0.1) is 27.7 Å². The summed E-state index contributed by atoms with van der Waals surface area (Å²) in [5.74, 6) is 0. The molecule has 0 aromatic carbocycles. The van der Waals surface area contributed by atoms with Gasteiger partial charge in [0.1, 0.15) is 0 Å². The fraction of sp³-hybridized carbons (Fsp3) is 1.00. The quantitative estimate of drug-likeness (QED) is 0.359. The zero-order chi connectivity index (χ0) is 17.3. The molecular weight excluding hydrogens is 346 g/mol. The zero-order valence-corrected chi connectivity index (χ0v) is 16.8. The van der Waals surface area contributed by atoms with Crippen molar-refractivity contribution < 1.29 is 31.9 Å². The Morgan fingerprint density at radius 1 is 0.591 bits per heavy atom. The van der Waals surface area contributed by atoms with Crippen molar-refractivity contribution in [3.05, 3.63) is 0 Å². The molecule has 22 heavy (non-hydrogen) atoms. The molecule has 0 aromatic rings. The van der Waals surface area contributed by atoms with Crippen LogP contribution in [0.5, 0.6) is 0 Å². The van der Waals surface area contributed by atoms with E-state index in [1.807, 2.05) is 0 Å². The molecule has 0 spiro atoms. The first-order valence-corrected chi connectivity index (χ1v) is 10.8. The molecule has 0 aliphatic heterocycles. The van der Waals surface area contributed by atoms with Crippen molar-refractivity contribution in [2.75, 3.05) is 27.7 Å². The van der Waals surface area contributed by atoms with Crippen LogP contribution in [-0.2, 0) is 0 Å². The van der Waals surface area contributed by atoms with Crippen LogP contribution in [0, 0.1) is 14.8 Å². The highest BCUT2D eigenvalue weighted by atomic mass is 80.0. The van der Waals surface area contributed by atoms with Gasteiger partial charge in [-0.15, -0.1) is 0 Å². The number of quaternary nitrogens is 1. The lowest BCUT2D eigenvalue weighted by atomic mass is 10.1. The largest absolute Gasteiger partial charge is 0.405 e. The molecule has 0 aromatic heterocycles. The summed E-state index contributed by atoms with van der Waals surface area (Å²) in [6, 6.07) is 0. The minimum Gasteiger partial charge on any atom is -0.405 e. The number of nitrogens with zero attached hydrogens (tertiary/aromatic N) is 1. The van der Waals surface area contributed by atoms with Gasteiger partial charge in [-0.3, -0.25) is 0 Å². The minimum atomic E-state index is -3.65. The highest BCUT2D eigenvalue weighted by Crippen LogP contribution is 2.12. The maximum atomic E-state index is 8.52. The number of hydrogen-bond donors (Lipinski definition) is 0. The Labute approximate surface area is 143 Å². The summed E-state index contributed by atoms with van der Waals surface area (Å²) in [6.45, 7) is 3.62. The highest BCUT2D eigenvalue weighted by Gasteiger charge is 2.04. The average molecular weight is 384 g/mol. The molecule has 0 atom stereocenters. The lowest BCUT2D eigenvalue weighted by Gasteiger charge is -2.23. The van der Waals surface area contributed by atoms with Crippen LogP contribution in [0.25, 0.3) is 0 Å². The molecule has 0 amide bonds. The van der Waals surface area contributed by atoms with E-state index in [0.29, 0.717) is 0 Å². The van der Waals surface area contributed by atoms with Crippen LogP contribution in [0.15, 0.2) is 0 Å². The molecule has 0 heterocycles. The van der Waals surface area contributed by atoms with Crippen LogP contribution in [0.4, 0.5) is 0 Å². The summed E-state index contributed by atoms with van der Waals surface area (Å²) < 4.78 is 26.7. The molecule has 0 aliphatic carbocycles. The standard InChI is InChI=1S/C17H38N.BrO3/c1-5-6-7-8-9-10-11-12-13-14-15-16-17-18(2,3)4;2-1(3)4/h5-17H2,1-4H3;/q+1;-1. The monoisotopic (exact) mass is 383 g/mol. The third-order valence-electron chi connectivity index (χ3n) is 3.68. The summed E-state index contributed by atoms with van der Waals surface area (Å²) in [4.78, 5) is 0. The van der Waals surface area contributed by atoms with Crippen molar-refractivity contribution in [1.29, 1.82) is 0 Å². The Kier molecular flexibility index (Phi) is 19.7. The first-order valence-electron chi connectivity index (χ1n) is 8.83. The van der Waals surface area contributed by atoms with Crippen LogP contribution < -0.4 is 12.6 Å². The Morgan fingerprint density at radius 3 is 1.14 bits per heavy atom. The van der Waals surface area contributed by atoms with Gasteiger partial charge in [0.25, 0.3) is 0 Å². The maximum absolute atomic E-state index is 8.52. The van der Waals surface area contributed by atoms with E-state index in [2.05, 4.69) is 28.1 Å². The molecule has 5 heteroatoms. The SMILES string of the molecule is CCCCCCCCCCCCCC[N+](C)(C)C.[O-][Br+2]([O-])[O-]. The number of unbranched alkanes of at least 4 members (excludes halogenated alkanes) is 11. The van der Waals surface area contributed by atoms with Gasteiger partial charge in [-0.2, -0.15) is 0 Å². The van der Waals surface area contributed by atoms with E-state index in [4.69, 9.17) is 12.6 Å². The summed E-state index contributed by atoms with van der Waals surface area (Å²) in [6.07, 6.45) is 17.4. The minimum absolute atomic E-state index is 1.12. The van der Waals surface area contributed by atoms with E-state index in [-0.39, 0.29) is 0 Å². The van der Waals surface area contributed by atoms with E-state index in [1.165, 1.54) is 83.6 Å². The second kappa shape index (κ2) is 17.7. The van der Waals surface area contributed by atoms with Gasteiger partial charge in [-0.25, -0.2) is 0 Å². The lowest BCUT2D eigenvalue weighted by Crippen LogP contribution is -2.42. The number of hydrogen-bond acceptors (Lipinski definition) is 3. The third kappa shape index (κ3) is 32.3. The second-order valence-electron chi connectivity index (χ2n) is 7.09. The first kappa shape index (κ1) is 24.6. The maximum Gasteiger partial charge on any atom is 0.216 e. The van der Waals surface area contributed by atoms with Crippen LogP contribution in [-0.4, -0.2) is 32.2 Å². The van der Waals surface area contributed by atoms with Crippen LogP contribution in [0.3, 0.4) is 0 Å². The van der Waals surface area contributed by atoms with Crippen LogP contribution >= 0.6 is 0 Å². The molecule has 0 rings (SSSR count). The molecule has 0 bridgehead atoms. The Bertz CT molecular complexity index is 206. The van der Waals surface area contributed by atoms with E-state index in [0.717, 1.165) is 4.48 Å². The molecular formula is C17H38BrNO3. The predicted molar refractivity (Wildman–Crippen MR) is 84.0 cm³/mol. The second-order valence-corrected chi connectivity index (χ2v) is 7.88. The van der Waals surface area contributed by atoms with Gasteiger partial charge in [-0.1, -0.05) is 71.1 Å². The smallest absolute Gasteiger partial charge is 0.216 e. The fourth-order valence-corrected chi connectivity index (χ4v) is 2.43. The Morgan fingerprint density at radius 2 is 0.864 bits per heavy atom. The molecule has 0 unspecified atom stereocenters. The van der Waals surface area contributed by atoms with Crippen molar-refractivity contribution in [3.63, 3.8) is 0 Å². The molecule has 0 fully saturated rings. The van der Waals surface area contributed by atoms with E-state index in [1.54, 1.807) is 0 Å². The van der Waals surface area contributed by atoms with Crippen LogP contribution in [0.2, 0.25) is 0 Å². The Hall–Kier alpha value is 0.320. The molecule has 0 saturated heterocycles. The highest BCUT2D eigenvalue weighted by molar-refractivity contribution is 4.48. The van der Waals surface area contributed by atoms with Gasteiger partial charge < -0.3 is 17.1 Å². The van der Waals surface area contributed by atoms with Crippen molar-refractivity contribution in [2.45, 2.75) is 84.0 Å². The van der Waals surface area contributed by atoms with Crippen molar-refractivity contribution in [1.82, 2.24) is 0 Å². The molecule has 4 nitrogen and oxygen atoms in total. The summed E-state index contributed by atoms with van der Waals surface area (Å²) in [5.41, 5.74) is 0. The third-order valence-corrected chi connectivity index (χ3v) is 3.68. The van der Waals surface area contributed by atoms with E-state index >= 15 is 0 Å². The summed E-state index contributed by atoms with van der Waals surface area (Å²) in [5, 5.41) is 0. The zero-order valence-electron chi connectivity index (χ0n) is 15.2. The molecule has 0 N–H and O–H groups in total. The van der Waals surface area contributed by atoms with Gasteiger partial charge >= 0.3 is 0 Å². The van der Waals surface area contributed by atoms with Gasteiger partial charge in [0, 0.05) is 0 Å². The average Bonchev–Trinajstić information content (AvgIpc) is 2.38. The predicted octanol–water partition coefficient (Wildman–Crippen LogP) is 1.83. The van der Waals surface area contributed by atoms with Crippen LogP contribution in [0.1, 0.15) is 84.0 Å². The molecule has 0 saturated carbocycles. The van der Waals surface area contributed by atoms with Crippen molar-refractivity contribution in [3.8, 4) is 0 Å². The fourth-order valence-electron chi connectivity index (χ4n) is 2.43. The molecule has 136 valence electrons. The van der Waals surface area contributed by atoms with Gasteiger partial charge in [0.15, 0.2) is 0 Å². The van der Waals surface area contributed by atoms with E-state index in [9.17, 15) is 0 Å². The Balaban J connectivity index is 0. The van der Waals surface area contributed by atoms with Crippen molar-refractivity contribution in [2.24, 2.45) is 0 Å². The van der Waals surface area contributed by atoms with Gasteiger partial charge in [0.2, 0.25) is 14.8 Å². The van der Waals surface area contributed by atoms with E-state index < -0.39 is 14.8 Å². The van der Waals surface area contributed by atoms with Crippen molar-refractivity contribution >= 4 is 0 Å². The summed E-state index contributed by atoms with van der Waals surface area (Å²) >= 11 is -3.65. The molecule has 0 radical (unpaired) electrons. The number of halogens is 1. The number of rotatable bonds is 13. The normalized spacial score (nSPS) is 11.5.